The molecule has 0 aliphatic carbocycles. The molecule has 12 heteroatoms. The van der Waals surface area contributed by atoms with E-state index in [4.69, 9.17) is 0 Å². The van der Waals surface area contributed by atoms with Gasteiger partial charge in [-0.05, 0) is 27.7 Å². The molecular weight excluding hydrogens is 351 g/mol. The number of rotatable bonds is 6. The number of alkyl halides is 7. The topological polar surface area (TPSA) is 47.6 Å². The van der Waals surface area contributed by atoms with Crippen molar-refractivity contribution >= 4 is 19.3 Å². The molecule has 0 atom stereocenters. The van der Waals surface area contributed by atoms with Gasteiger partial charge in [0.05, 0.1) is 12.2 Å². The summed E-state index contributed by atoms with van der Waals surface area (Å²) in [6, 6.07) is 0. The minimum Gasteiger partial charge on any atom is -0.294 e. The minimum absolute atomic E-state index is 0.776. The quantitative estimate of drug-likeness (QED) is 0.323. The first kappa shape index (κ1) is 21.0. The van der Waals surface area contributed by atoms with Crippen molar-refractivity contribution in [1.82, 2.24) is 5.09 Å². The van der Waals surface area contributed by atoms with Crippen LogP contribution in [-0.2, 0) is 13.6 Å². The molecule has 0 aromatic heterocycles. The Morgan fingerprint density at radius 3 is 1.38 bits per heavy atom. The van der Waals surface area contributed by atoms with Crippen LogP contribution in [0.5, 0.6) is 0 Å². The Morgan fingerprint density at radius 2 is 1.19 bits per heavy atom. The lowest BCUT2D eigenvalue weighted by Gasteiger charge is -2.35. The average Bonchev–Trinajstić information content (AvgIpc) is 2.09. The summed E-state index contributed by atoms with van der Waals surface area (Å²) in [4.78, 5) is -4.96. The second-order valence-electron chi connectivity index (χ2n) is 4.57. The second-order valence-corrected chi connectivity index (χ2v) is 6.78. The first-order chi connectivity index (χ1) is 9.04. The van der Waals surface area contributed by atoms with Crippen molar-refractivity contribution in [3.8, 4) is 0 Å². The molecule has 0 radical (unpaired) electrons. The van der Waals surface area contributed by atoms with Gasteiger partial charge in [-0.1, -0.05) is 11.6 Å². The molecule has 128 valence electrons. The third kappa shape index (κ3) is 5.59. The summed E-state index contributed by atoms with van der Waals surface area (Å²) in [5, 5.41) is 0.776. The first-order valence-electron chi connectivity index (χ1n) is 5.63. The van der Waals surface area contributed by atoms with Crippen LogP contribution in [-0.4, -0.2) is 29.6 Å². The number of nitrogens with one attached hydrogen (secondary N) is 1. The van der Waals surface area contributed by atoms with E-state index in [0.29, 0.717) is 0 Å². The van der Waals surface area contributed by atoms with Crippen molar-refractivity contribution in [2.75, 3.05) is 0 Å². The van der Waals surface area contributed by atoms with E-state index in [9.17, 15) is 30.9 Å². The molecule has 1 N–H and O–H groups in total. The molecule has 0 rings (SSSR count). The fourth-order valence-electron chi connectivity index (χ4n) is 1.11. The number of halogens is 7. The van der Waals surface area contributed by atoms with Crippen molar-refractivity contribution in [3.05, 3.63) is 0 Å². The Morgan fingerprint density at radius 1 is 0.905 bits per heavy atom. The lowest BCUT2D eigenvalue weighted by Crippen LogP contribution is -2.61. The van der Waals surface area contributed by atoms with Crippen LogP contribution in [0.15, 0.2) is 0 Å². The average molecular weight is 366 g/mol. The van der Waals surface area contributed by atoms with Crippen molar-refractivity contribution < 1.29 is 40.0 Å². The van der Waals surface area contributed by atoms with Gasteiger partial charge in [0.25, 0.3) is 5.00 Å². The number of hydrogen-bond acceptors (Lipinski definition) is 3. The van der Waals surface area contributed by atoms with Crippen molar-refractivity contribution in [2.24, 2.45) is 0 Å². The van der Waals surface area contributed by atoms with Crippen LogP contribution in [0.3, 0.4) is 0 Å². The first-order valence-corrected chi connectivity index (χ1v) is 7.55. The fourth-order valence-corrected chi connectivity index (χ4v) is 3.32. The highest BCUT2D eigenvalue weighted by Crippen LogP contribution is 2.56. The predicted molar refractivity (Wildman–Crippen MR) is 63.9 cm³/mol. The summed E-state index contributed by atoms with van der Waals surface area (Å²) in [7, 11) is -4.97. The van der Waals surface area contributed by atoms with Gasteiger partial charge in [-0.2, -0.15) is 31.4 Å². The predicted octanol–water partition coefficient (Wildman–Crippen LogP) is 4.59. The van der Waals surface area contributed by atoms with E-state index in [-0.39, 0.29) is 0 Å². The molecule has 0 aromatic carbocycles. The van der Waals surface area contributed by atoms with Crippen LogP contribution in [0.25, 0.3) is 0 Å². The van der Waals surface area contributed by atoms with Gasteiger partial charge in [-0.3, -0.25) is 9.05 Å². The summed E-state index contributed by atoms with van der Waals surface area (Å²) in [5.41, 5.74) is 0. The van der Waals surface area contributed by atoms with Crippen molar-refractivity contribution in [1.29, 1.82) is 0 Å². The Hall–Kier alpha value is -0.0200. The lowest BCUT2D eigenvalue weighted by molar-refractivity contribution is -0.272. The van der Waals surface area contributed by atoms with Crippen molar-refractivity contribution in [2.45, 2.75) is 57.3 Å². The Balaban J connectivity index is 5.70. The van der Waals surface area contributed by atoms with E-state index in [2.05, 4.69) is 20.6 Å². The number of hydrogen-bond donors (Lipinski definition) is 1. The minimum atomic E-state index is -5.98. The van der Waals surface area contributed by atoms with Crippen LogP contribution in [0.2, 0.25) is 0 Å². The van der Waals surface area contributed by atoms with E-state index in [0.717, 1.165) is 5.09 Å². The summed E-state index contributed by atoms with van der Waals surface area (Å²) < 4.78 is 97.2. The van der Waals surface area contributed by atoms with Gasteiger partial charge >= 0.3 is 20.1 Å². The standard InChI is InChI=1S/C9H15ClF6NO3P/c1-5(2)19-21(18,20-6(3)4)17-7(10,8(11,12)13)9(14,15)16/h5-6H,1-4H3,(H,17,18). The zero-order chi connectivity index (χ0) is 17.3. The van der Waals surface area contributed by atoms with Crippen LogP contribution in [0, 0.1) is 0 Å². The zero-order valence-corrected chi connectivity index (χ0v) is 13.1. The normalized spacial score (nSPS) is 15.1. The SMILES string of the molecule is CC(C)OP(=O)(NC(Cl)(C(F)(F)F)C(F)(F)F)OC(C)C. The van der Waals surface area contributed by atoms with E-state index in [1.165, 1.54) is 27.7 Å². The lowest BCUT2D eigenvalue weighted by atomic mass is 10.3. The molecule has 0 aromatic rings. The Labute approximate surface area is 122 Å². The highest BCUT2D eigenvalue weighted by molar-refractivity contribution is 7.51. The maximum atomic E-state index is 12.7. The Kier molecular flexibility index (Phi) is 6.61. The maximum Gasteiger partial charge on any atom is 0.430 e. The molecule has 0 amide bonds. The third-order valence-corrected chi connectivity index (χ3v) is 4.43. The molecule has 21 heavy (non-hydrogen) atoms. The highest BCUT2D eigenvalue weighted by atomic mass is 35.5. The van der Waals surface area contributed by atoms with Crippen molar-refractivity contribution in [3.63, 3.8) is 0 Å². The molecule has 0 saturated heterocycles. The molecule has 0 fully saturated rings. The Bertz CT molecular complexity index is 370. The third-order valence-electron chi connectivity index (χ3n) is 1.77. The summed E-state index contributed by atoms with van der Waals surface area (Å²) >= 11 is 4.65. The van der Waals surface area contributed by atoms with Crippen LogP contribution in [0.1, 0.15) is 27.7 Å². The van der Waals surface area contributed by atoms with Crippen LogP contribution in [0.4, 0.5) is 26.3 Å². The van der Waals surface area contributed by atoms with E-state index >= 15 is 0 Å². The molecule has 0 heterocycles. The summed E-state index contributed by atoms with van der Waals surface area (Å²) in [6.07, 6.45) is -13.9. The van der Waals surface area contributed by atoms with E-state index < -0.39 is 37.3 Å². The maximum absolute atomic E-state index is 12.7. The highest BCUT2D eigenvalue weighted by Gasteiger charge is 2.73. The van der Waals surface area contributed by atoms with E-state index in [1.54, 1.807) is 0 Å². The van der Waals surface area contributed by atoms with Gasteiger partial charge < -0.3 is 0 Å². The van der Waals surface area contributed by atoms with Gasteiger partial charge in [-0.15, -0.1) is 0 Å². The molecular formula is C9H15ClF6NO3P. The van der Waals surface area contributed by atoms with Gasteiger partial charge in [0.1, 0.15) is 0 Å². The van der Waals surface area contributed by atoms with Gasteiger partial charge in [0.15, 0.2) is 0 Å². The monoisotopic (exact) mass is 365 g/mol. The zero-order valence-electron chi connectivity index (χ0n) is 11.5. The largest absolute Gasteiger partial charge is 0.430 e. The molecule has 0 aliphatic rings. The molecule has 4 nitrogen and oxygen atoms in total. The smallest absolute Gasteiger partial charge is 0.294 e. The second kappa shape index (κ2) is 6.62. The summed E-state index contributed by atoms with van der Waals surface area (Å²) in [6.45, 7) is 5.04. The van der Waals surface area contributed by atoms with Gasteiger partial charge in [-0.25, -0.2) is 4.57 Å². The van der Waals surface area contributed by atoms with E-state index in [1.807, 2.05) is 0 Å². The summed E-state index contributed by atoms with van der Waals surface area (Å²) in [5.74, 6) is 0. The molecule has 0 unspecified atom stereocenters. The molecule has 0 saturated carbocycles. The molecule has 0 bridgehead atoms. The molecule has 0 spiro atoms. The molecule has 0 aliphatic heterocycles. The van der Waals surface area contributed by atoms with Gasteiger partial charge in [0.2, 0.25) is 0 Å². The van der Waals surface area contributed by atoms with Crippen LogP contribution >= 0.6 is 19.3 Å². The fraction of sp³-hybridized carbons (Fsp3) is 1.00. The van der Waals surface area contributed by atoms with Crippen LogP contribution < -0.4 is 5.09 Å². The van der Waals surface area contributed by atoms with Gasteiger partial charge in [0, 0.05) is 0 Å².